The minimum atomic E-state index is 0.446. The van der Waals surface area contributed by atoms with Crippen molar-refractivity contribution in [3.05, 3.63) is 46.9 Å². The van der Waals surface area contributed by atoms with Gasteiger partial charge in [0.15, 0.2) is 0 Å². The van der Waals surface area contributed by atoms with E-state index in [1.807, 2.05) is 36.4 Å². The first-order chi connectivity index (χ1) is 10.2. The molecule has 0 saturated carbocycles. The van der Waals surface area contributed by atoms with Gasteiger partial charge in [0.05, 0.1) is 7.11 Å². The van der Waals surface area contributed by atoms with Crippen molar-refractivity contribution >= 4 is 21.6 Å². The van der Waals surface area contributed by atoms with Crippen molar-refractivity contribution < 1.29 is 9.26 Å². The van der Waals surface area contributed by atoms with Gasteiger partial charge in [0.25, 0.3) is 5.89 Å². The minimum Gasteiger partial charge on any atom is -0.497 e. The standard InChI is InChI=1S/C15H12BrN3O2/c1-20-11-5-2-9(3-6-11)14-18-15(21-19-14)10-4-7-13(17)12(16)8-10/h2-8H,17H2,1H3. The second-order valence-electron chi connectivity index (χ2n) is 4.39. The monoisotopic (exact) mass is 345 g/mol. The molecule has 3 aromatic rings. The molecule has 0 spiro atoms. The zero-order valence-electron chi connectivity index (χ0n) is 11.2. The number of rotatable bonds is 3. The predicted molar refractivity (Wildman–Crippen MR) is 83.8 cm³/mol. The lowest BCUT2D eigenvalue weighted by Crippen LogP contribution is -1.87. The smallest absolute Gasteiger partial charge is 0.258 e. The van der Waals surface area contributed by atoms with Gasteiger partial charge in [-0.05, 0) is 58.4 Å². The van der Waals surface area contributed by atoms with Gasteiger partial charge in [-0.1, -0.05) is 5.16 Å². The Morgan fingerprint density at radius 3 is 2.48 bits per heavy atom. The number of hydrogen-bond acceptors (Lipinski definition) is 5. The highest BCUT2D eigenvalue weighted by Gasteiger charge is 2.11. The highest BCUT2D eigenvalue weighted by molar-refractivity contribution is 9.10. The van der Waals surface area contributed by atoms with Crippen molar-refractivity contribution in [3.63, 3.8) is 0 Å². The van der Waals surface area contributed by atoms with Crippen LogP contribution in [0.5, 0.6) is 5.75 Å². The summed E-state index contributed by atoms with van der Waals surface area (Å²) in [6.07, 6.45) is 0. The molecule has 0 amide bonds. The lowest BCUT2D eigenvalue weighted by molar-refractivity contribution is 0.415. The summed E-state index contributed by atoms with van der Waals surface area (Å²) in [7, 11) is 1.63. The summed E-state index contributed by atoms with van der Waals surface area (Å²) < 4.78 is 11.2. The molecule has 21 heavy (non-hydrogen) atoms. The van der Waals surface area contributed by atoms with Crippen LogP contribution in [-0.2, 0) is 0 Å². The molecule has 0 unspecified atom stereocenters. The van der Waals surface area contributed by atoms with E-state index in [1.165, 1.54) is 0 Å². The molecule has 3 rings (SSSR count). The Bertz CT molecular complexity index is 769. The van der Waals surface area contributed by atoms with Crippen molar-refractivity contribution in [1.29, 1.82) is 0 Å². The minimum absolute atomic E-state index is 0.446. The van der Waals surface area contributed by atoms with E-state index in [9.17, 15) is 0 Å². The molecule has 6 heteroatoms. The van der Waals surface area contributed by atoms with Crippen molar-refractivity contribution in [2.45, 2.75) is 0 Å². The molecular weight excluding hydrogens is 334 g/mol. The van der Waals surface area contributed by atoms with Crippen molar-refractivity contribution in [1.82, 2.24) is 10.1 Å². The Hall–Kier alpha value is -2.34. The molecule has 0 aliphatic rings. The van der Waals surface area contributed by atoms with Gasteiger partial charge in [0, 0.05) is 21.3 Å². The average molecular weight is 346 g/mol. The number of nitrogens with two attached hydrogens (primary N) is 1. The summed E-state index contributed by atoms with van der Waals surface area (Å²) >= 11 is 3.38. The van der Waals surface area contributed by atoms with Crippen LogP contribution in [0.3, 0.4) is 0 Å². The van der Waals surface area contributed by atoms with Crippen LogP contribution in [0.4, 0.5) is 5.69 Å². The number of benzene rings is 2. The van der Waals surface area contributed by atoms with Crippen LogP contribution in [0.15, 0.2) is 51.5 Å². The molecule has 0 aliphatic carbocycles. The summed E-state index contributed by atoms with van der Waals surface area (Å²) in [5.41, 5.74) is 8.10. The van der Waals surface area contributed by atoms with Crippen LogP contribution < -0.4 is 10.5 Å². The molecule has 1 aromatic heterocycles. The lowest BCUT2D eigenvalue weighted by atomic mass is 10.2. The van der Waals surface area contributed by atoms with Gasteiger partial charge in [-0.2, -0.15) is 4.98 Å². The number of hydrogen-bond donors (Lipinski definition) is 1. The maximum absolute atomic E-state index is 5.77. The van der Waals surface area contributed by atoms with Gasteiger partial charge in [0.2, 0.25) is 5.82 Å². The summed E-state index contributed by atoms with van der Waals surface area (Å²) in [5.74, 6) is 1.76. The summed E-state index contributed by atoms with van der Waals surface area (Å²) in [5, 5.41) is 4.00. The first kappa shape index (κ1) is 13.6. The first-order valence-electron chi connectivity index (χ1n) is 6.21. The lowest BCUT2D eigenvalue weighted by Gasteiger charge is -1.99. The molecule has 0 saturated heterocycles. The fourth-order valence-corrected chi connectivity index (χ4v) is 2.24. The van der Waals surface area contributed by atoms with Crippen LogP contribution in [0.25, 0.3) is 22.8 Å². The quantitative estimate of drug-likeness (QED) is 0.731. The Morgan fingerprint density at radius 1 is 1.10 bits per heavy atom. The van der Waals surface area contributed by atoms with Gasteiger partial charge in [-0.3, -0.25) is 0 Å². The Kier molecular flexibility index (Phi) is 3.62. The number of aromatic nitrogens is 2. The molecule has 0 atom stereocenters. The van der Waals surface area contributed by atoms with Crippen LogP contribution in [0.2, 0.25) is 0 Å². The van der Waals surface area contributed by atoms with Crippen molar-refractivity contribution in [2.24, 2.45) is 0 Å². The van der Waals surface area contributed by atoms with Gasteiger partial charge in [-0.25, -0.2) is 0 Å². The van der Waals surface area contributed by atoms with E-state index in [2.05, 4.69) is 26.1 Å². The maximum atomic E-state index is 5.77. The van der Waals surface area contributed by atoms with E-state index < -0.39 is 0 Å². The molecule has 2 aromatic carbocycles. The van der Waals surface area contributed by atoms with E-state index >= 15 is 0 Å². The fourth-order valence-electron chi connectivity index (χ4n) is 1.86. The SMILES string of the molecule is COc1ccc(-c2noc(-c3ccc(N)c(Br)c3)n2)cc1. The van der Waals surface area contributed by atoms with Crippen LogP contribution in [0, 0.1) is 0 Å². The number of halogens is 1. The van der Waals surface area contributed by atoms with Gasteiger partial charge in [0.1, 0.15) is 5.75 Å². The largest absolute Gasteiger partial charge is 0.497 e. The van der Waals surface area contributed by atoms with Crippen molar-refractivity contribution in [3.8, 4) is 28.6 Å². The van der Waals surface area contributed by atoms with Crippen LogP contribution >= 0.6 is 15.9 Å². The van der Waals surface area contributed by atoms with Gasteiger partial charge < -0.3 is 15.0 Å². The predicted octanol–water partition coefficient (Wildman–Crippen LogP) is 3.76. The molecular formula is C15H12BrN3O2. The molecule has 0 radical (unpaired) electrons. The second-order valence-corrected chi connectivity index (χ2v) is 5.24. The molecule has 0 aliphatic heterocycles. The number of methoxy groups -OCH3 is 1. The summed E-state index contributed by atoms with van der Waals surface area (Å²) in [6.45, 7) is 0. The molecule has 1 heterocycles. The van der Waals surface area contributed by atoms with Crippen LogP contribution in [0.1, 0.15) is 0 Å². The fraction of sp³-hybridized carbons (Fsp3) is 0.0667. The zero-order chi connectivity index (χ0) is 14.8. The maximum Gasteiger partial charge on any atom is 0.258 e. The van der Waals surface area contributed by atoms with E-state index in [0.29, 0.717) is 17.4 Å². The molecule has 0 fully saturated rings. The highest BCUT2D eigenvalue weighted by Crippen LogP contribution is 2.28. The Morgan fingerprint density at radius 2 is 1.81 bits per heavy atom. The molecule has 106 valence electrons. The van der Waals surface area contributed by atoms with E-state index in [1.54, 1.807) is 13.2 Å². The normalized spacial score (nSPS) is 10.6. The number of anilines is 1. The number of nitrogens with zero attached hydrogens (tertiary/aromatic N) is 2. The third kappa shape index (κ3) is 2.75. The van der Waals surface area contributed by atoms with E-state index in [-0.39, 0.29) is 0 Å². The molecule has 2 N–H and O–H groups in total. The Labute approximate surface area is 129 Å². The molecule has 5 nitrogen and oxygen atoms in total. The second kappa shape index (κ2) is 5.57. The summed E-state index contributed by atoms with van der Waals surface area (Å²) in [4.78, 5) is 4.40. The first-order valence-corrected chi connectivity index (χ1v) is 7.00. The van der Waals surface area contributed by atoms with Gasteiger partial charge >= 0.3 is 0 Å². The molecule has 0 bridgehead atoms. The topological polar surface area (TPSA) is 74.2 Å². The average Bonchev–Trinajstić information content (AvgIpc) is 3.00. The Balaban J connectivity index is 1.93. The highest BCUT2D eigenvalue weighted by atomic mass is 79.9. The van der Waals surface area contributed by atoms with Gasteiger partial charge in [-0.15, -0.1) is 0 Å². The third-order valence-corrected chi connectivity index (χ3v) is 3.71. The zero-order valence-corrected chi connectivity index (χ0v) is 12.8. The van der Waals surface area contributed by atoms with E-state index in [4.69, 9.17) is 15.0 Å². The number of ether oxygens (including phenoxy) is 1. The third-order valence-electron chi connectivity index (χ3n) is 3.02. The van der Waals surface area contributed by atoms with Crippen molar-refractivity contribution in [2.75, 3.05) is 12.8 Å². The van der Waals surface area contributed by atoms with Crippen LogP contribution in [-0.4, -0.2) is 17.3 Å². The van der Waals surface area contributed by atoms with E-state index in [0.717, 1.165) is 21.3 Å². The summed E-state index contributed by atoms with van der Waals surface area (Å²) in [6, 6.07) is 12.9. The number of nitrogen functional groups attached to an aromatic ring is 1.